The first-order valence-electron chi connectivity index (χ1n) is 10.6. The Bertz CT molecular complexity index is 773. The number of para-hydroxylation sites is 1. The largest absolute Gasteiger partial charge is 0.446 e. The average molecular weight is 396 g/mol. The Labute approximate surface area is 174 Å². The molecule has 0 saturated carbocycles. The zero-order valence-corrected chi connectivity index (χ0v) is 17.7. The fourth-order valence-electron chi connectivity index (χ4n) is 3.97. The molecule has 156 valence electrons. The highest BCUT2D eigenvalue weighted by Crippen LogP contribution is 2.28. The Morgan fingerprint density at radius 2 is 1.72 bits per heavy atom. The van der Waals surface area contributed by atoms with Crippen molar-refractivity contribution in [3.05, 3.63) is 54.6 Å². The summed E-state index contributed by atoms with van der Waals surface area (Å²) in [6.07, 6.45) is 2.49. The van der Waals surface area contributed by atoms with E-state index in [0.717, 1.165) is 49.2 Å². The summed E-state index contributed by atoms with van der Waals surface area (Å²) in [6, 6.07) is 18.9. The van der Waals surface area contributed by atoms with Gasteiger partial charge in [-0.05, 0) is 51.8 Å². The highest BCUT2D eigenvalue weighted by atomic mass is 16.6. The smallest absolute Gasteiger partial charge is 0.411 e. The molecule has 1 heterocycles. The predicted molar refractivity (Wildman–Crippen MR) is 119 cm³/mol. The number of benzene rings is 2. The molecule has 0 bridgehead atoms. The summed E-state index contributed by atoms with van der Waals surface area (Å²) < 4.78 is 5.73. The summed E-state index contributed by atoms with van der Waals surface area (Å²) in [4.78, 5) is 15.0. The van der Waals surface area contributed by atoms with E-state index < -0.39 is 0 Å². The molecule has 1 amide bonds. The van der Waals surface area contributed by atoms with E-state index in [1.165, 1.54) is 0 Å². The van der Waals surface area contributed by atoms with Crippen LogP contribution in [-0.4, -0.2) is 49.3 Å². The van der Waals surface area contributed by atoms with Gasteiger partial charge in [0, 0.05) is 30.7 Å². The van der Waals surface area contributed by atoms with Crippen LogP contribution in [0.25, 0.3) is 11.1 Å². The molecule has 0 aliphatic carbocycles. The van der Waals surface area contributed by atoms with Gasteiger partial charge >= 0.3 is 6.09 Å². The molecule has 1 aliphatic heterocycles. The molecule has 2 aromatic rings. The van der Waals surface area contributed by atoms with Crippen LogP contribution in [0.5, 0.6) is 0 Å². The Kier molecular flexibility index (Phi) is 7.67. The SMILES string of the molecule is CNC(C)CC(C)N1CCC(OC(=O)Nc2ccccc2-c2ccccc2)CC1. The number of carbonyl (C=O) groups is 1. The second kappa shape index (κ2) is 10.4. The van der Waals surface area contributed by atoms with Gasteiger partial charge < -0.3 is 15.0 Å². The number of rotatable bonds is 7. The van der Waals surface area contributed by atoms with E-state index in [0.29, 0.717) is 12.1 Å². The fraction of sp³-hybridized carbons (Fsp3) is 0.458. The molecule has 2 aromatic carbocycles. The van der Waals surface area contributed by atoms with Crippen LogP contribution in [0.2, 0.25) is 0 Å². The minimum Gasteiger partial charge on any atom is -0.446 e. The predicted octanol–water partition coefficient (Wildman–Crippen LogP) is 4.75. The molecule has 1 aliphatic rings. The van der Waals surface area contributed by atoms with Crippen molar-refractivity contribution in [2.75, 3.05) is 25.5 Å². The number of hydrogen-bond acceptors (Lipinski definition) is 4. The van der Waals surface area contributed by atoms with E-state index in [1.54, 1.807) is 0 Å². The second-order valence-electron chi connectivity index (χ2n) is 7.95. The Morgan fingerprint density at radius 3 is 2.41 bits per heavy atom. The summed E-state index contributed by atoms with van der Waals surface area (Å²) in [6.45, 7) is 6.43. The number of nitrogens with zero attached hydrogens (tertiary/aromatic N) is 1. The Balaban J connectivity index is 1.52. The van der Waals surface area contributed by atoms with Crippen molar-refractivity contribution < 1.29 is 9.53 Å². The van der Waals surface area contributed by atoms with Crippen LogP contribution in [0, 0.1) is 0 Å². The number of piperidine rings is 1. The second-order valence-corrected chi connectivity index (χ2v) is 7.95. The highest BCUT2D eigenvalue weighted by Gasteiger charge is 2.26. The molecule has 5 nitrogen and oxygen atoms in total. The summed E-state index contributed by atoms with van der Waals surface area (Å²) in [5, 5.41) is 6.25. The van der Waals surface area contributed by atoms with E-state index in [-0.39, 0.29) is 12.2 Å². The number of ether oxygens (including phenoxy) is 1. The van der Waals surface area contributed by atoms with Crippen molar-refractivity contribution in [3.63, 3.8) is 0 Å². The molecular formula is C24H33N3O2. The van der Waals surface area contributed by atoms with Crippen molar-refractivity contribution in [2.24, 2.45) is 0 Å². The summed E-state index contributed by atoms with van der Waals surface area (Å²) in [5.41, 5.74) is 2.84. The molecule has 1 fully saturated rings. The van der Waals surface area contributed by atoms with Gasteiger partial charge in [0.1, 0.15) is 6.10 Å². The lowest BCUT2D eigenvalue weighted by Crippen LogP contribution is -2.44. The van der Waals surface area contributed by atoms with E-state index in [1.807, 2.05) is 61.6 Å². The number of hydrogen-bond donors (Lipinski definition) is 2. The van der Waals surface area contributed by atoms with Crippen LogP contribution >= 0.6 is 0 Å². The van der Waals surface area contributed by atoms with Gasteiger partial charge in [-0.25, -0.2) is 4.79 Å². The Morgan fingerprint density at radius 1 is 1.07 bits per heavy atom. The zero-order chi connectivity index (χ0) is 20.6. The van der Waals surface area contributed by atoms with E-state index in [4.69, 9.17) is 4.74 Å². The first-order chi connectivity index (χ1) is 14.1. The fourth-order valence-corrected chi connectivity index (χ4v) is 3.97. The molecular weight excluding hydrogens is 362 g/mol. The van der Waals surface area contributed by atoms with Gasteiger partial charge in [0.05, 0.1) is 5.69 Å². The lowest BCUT2D eigenvalue weighted by molar-refractivity contribution is 0.0445. The summed E-state index contributed by atoms with van der Waals surface area (Å²) >= 11 is 0. The van der Waals surface area contributed by atoms with Crippen molar-refractivity contribution in [2.45, 2.75) is 51.3 Å². The van der Waals surface area contributed by atoms with Crippen molar-refractivity contribution in [1.29, 1.82) is 0 Å². The normalized spacial score (nSPS) is 17.5. The number of anilines is 1. The number of carbonyl (C=O) groups excluding carboxylic acids is 1. The minimum absolute atomic E-state index is 0.0240. The molecule has 0 spiro atoms. The molecule has 29 heavy (non-hydrogen) atoms. The number of nitrogens with one attached hydrogen (secondary N) is 2. The molecule has 0 aromatic heterocycles. The van der Waals surface area contributed by atoms with Crippen LogP contribution in [0.15, 0.2) is 54.6 Å². The molecule has 0 radical (unpaired) electrons. The van der Waals surface area contributed by atoms with Gasteiger partial charge in [-0.2, -0.15) is 0 Å². The lowest BCUT2D eigenvalue weighted by Gasteiger charge is -2.36. The maximum atomic E-state index is 12.5. The van der Waals surface area contributed by atoms with Crippen LogP contribution in [0.1, 0.15) is 33.1 Å². The third-order valence-electron chi connectivity index (χ3n) is 5.81. The monoisotopic (exact) mass is 395 g/mol. The van der Waals surface area contributed by atoms with Crippen LogP contribution in [-0.2, 0) is 4.74 Å². The standard InChI is InChI=1S/C24H33N3O2/c1-18(25-3)17-19(2)27-15-13-21(14-16-27)29-24(28)26-23-12-8-7-11-22(23)20-9-5-4-6-10-20/h4-12,18-19,21,25H,13-17H2,1-3H3,(H,26,28). The van der Waals surface area contributed by atoms with Crippen LogP contribution < -0.4 is 10.6 Å². The first kappa shape index (κ1) is 21.3. The topological polar surface area (TPSA) is 53.6 Å². The van der Waals surface area contributed by atoms with Gasteiger partial charge in [-0.15, -0.1) is 0 Å². The summed E-state index contributed by atoms with van der Waals surface area (Å²) in [7, 11) is 2.01. The molecule has 2 unspecified atom stereocenters. The van der Waals surface area contributed by atoms with Crippen LogP contribution in [0.3, 0.4) is 0 Å². The molecule has 1 saturated heterocycles. The molecule has 5 heteroatoms. The summed E-state index contributed by atoms with van der Waals surface area (Å²) in [5.74, 6) is 0. The average Bonchev–Trinajstić information content (AvgIpc) is 2.75. The van der Waals surface area contributed by atoms with Gasteiger partial charge in [-0.1, -0.05) is 48.5 Å². The van der Waals surface area contributed by atoms with E-state index in [2.05, 4.69) is 29.4 Å². The lowest BCUT2D eigenvalue weighted by atomic mass is 10.0. The number of likely N-dealkylation sites (tertiary alicyclic amines) is 1. The number of amides is 1. The zero-order valence-electron chi connectivity index (χ0n) is 17.7. The van der Waals surface area contributed by atoms with Crippen molar-refractivity contribution in [1.82, 2.24) is 10.2 Å². The van der Waals surface area contributed by atoms with Crippen molar-refractivity contribution in [3.8, 4) is 11.1 Å². The van der Waals surface area contributed by atoms with Crippen LogP contribution in [0.4, 0.5) is 10.5 Å². The maximum absolute atomic E-state index is 12.5. The van der Waals surface area contributed by atoms with Gasteiger partial charge in [-0.3, -0.25) is 5.32 Å². The maximum Gasteiger partial charge on any atom is 0.411 e. The van der Waals surface area contributed by atoms with Gasteiger partial charge in [0.2, 0.25) is 0 Å². The minimum atomic E-state index is -0.372. The van der Waals surface area contributed by atoms with E-state index in [9.17, 15) is 4.79 Å². The molecule has 2 N–H and O–H groups in total. The Hall–Kier alpha value is -2.37. The van der Waals surface area contributed by atoms with Gasteiger partial charge in [0.15, 0.2) is 0 Å². The van der Waals surface area contributed by atoms with E-state index >= 15 is 0 Å². The first-order valence-corrected chi connectivity index (χ1v) is 10.6. The third kappa shape index (κ3) is 6.05. The highest BCUT2D eigenvalue weighted by molar-refractivity contribution is 5.91. The third-order valence-corrected chi connectivity index (χ3v) is 5.81. The molecule has 2 atom stereocenters. The van der Waals surface area contributed by atoms with Gasteiger partial charge in [0.25, 0.3) is 0 Å². The van der Waals surface area contributed by atoms with Crippen molar-refractivity contribution >= 4 is 11.8 Å². The quantitative estimate of drug-likeness (QED) is 0.710. The molecule has 3 rings (SSSR count).